The van der Waals surface area contributed by atoms with Crippen LogP contribution in [-0.4, -0.2) is 17.1 Å². The normalized spacial score (nSPS) is 22.7. The van der Waals surface area contributed by atoms with Crippen LogP contribution in [-0.2, 0) is 17.9 Å². The molecule has 118 valence electrons. The summed E-state index contributed by atoms with van der Waals surface area (Å²) in [7, 11) is 0. The Kier molecular flexibility index (Phi) is 6.65. The first kappa shape index (κ1) is 16.4. The van der Waals surface area contributed by atoms with E-state index in [1.54, 1.807) is 0 Å². The van der Waals surface area contributed by atoms with E-state index in [0.717, 1.165) is 23.9 Å². The van der Waals surface area contributed by atoms with Gasteiger partial charge in [-0.2, -0.15) is 0 Å². The average Bonchev–Trinajstić information content (AvgIpc) is 2.51. The predicted octanol–water partition coefficient (Wildman–Crippen LogP) is 4.07. The molecule has 1 aliphatic carbocycles. The van der Waals surface area contributed by atoms with E-state index in [0.29, 0.717) is 18.8 Å². The molecule has 1 N–H and O–H groups in total. The Morgan fingerprint density at radius 2 is 2.00 bits per heavy atom. The molecule has 3 nitrogen and oxygen atoms in total. The second-order valence-corrected chi connectivity index (χ2v) is 6.46. The minimum absolute atomic E-state index is 0.433. The summed E-state index contributed by atoms with van der Waals surface area (Å²) >= 11 is 0. The summed E-state index contributed by atoms with van der Waals surface area (Å²) in [5, 5.41) is 3.41. The monoisotopic (exact) mass is 290 g/mol. The first-order valence-corrected chi connectivity index (χ1v) is 8.48. The third kappa shape index (κ3) is 5.40. The van der Waals surface area contributed by atoms with Crippen molar-refractivity contribution in [3.8, 4) is 0 Å². The highest BCUT2D eigenvalue weighted by atomic mass is 16.5. The average molecular weight is 290 g/mol. The molecule has 1 aromatic rings. The fraction of sp³-hybridized carbons (Fsp3) is 0.722. The number of pyridine rings is 1. The maximum atomic E-state index is 6.17. The highest BCUT2D eigenvalue weighted by Gasteiger charge is 2.24. The molecule has 1 aromatic heterocycles. The van der Waals surface area contributed by atoms with E-state index in [1.807, 2.05) is 0 Å². The van der Waals surface area contributed by atoms with Crippen LogP contribution in [0.15, 0.2) is 18.2 Å². The van der Waals surface area contributed by atoms with Gasteiger partial charge in [0.15, 0.2) is 0 Å². The van der Waals surface area contributed by atoms with Crippen molar-refractivity contribution in [1.82, 2.24) is 10.3 Å². The molecule has 2 atom stereocenters. The first-order valence-electron chi connectivity index (χ1n) is 8.48. The standard InChI is InChI=1S/C18H30N2O/c1-4-15-8-5-6-11-18(15)21-13-17-10-7-9-16(20-17)12-19-14(2)3/h7,9-10,14-15,18-19H,4-6,8,11-13H2,1-3H3. The lowest BCUT2D eigenvalue weighted by atomic mass is 9.85. The Labute approximate surface area is 129 Å². The third-order valence-corrected chi connectivity index (χ3v) is 4.36. The van der Waals surface area contributed by atoms with Gasteiger partial charge in [0.05, 0.1) is 24.1 Å². The van der Waals surface area contributed by atoms with Crippen LogP contribution in [0.3, 0.4) is 0 Å². The van der Waals surface area contributed by atoms with E-state index in [4.69, 9.17) is 9.72 Å². The molecule has 21 heavy (non-hydrogen) atoms. The van der Waals surface area contributed by atoms with Gasteiger partial charge in [-0.3, -0.25) is 4.98 Å². The number of nitrogens with one attached hydrogen (secondary N) is 1. The Hall–Kier alpha value is -0.930. The van der Waals surface area contributed by atoms with Crippen molar-refractivity contribution in [3.05, 3.63) is 29.6 Å². The highest BCUT2D eigenvalue weighted by molar-refractivity contribution is 5.10. The molecular formula is C18H30N2O. The van der Waals surface area contributed by atoms with E-state index >= 15 is 0 Å². The Morgan fingerprint density at radius 1 is 1.24 bits per heavy atom. The second-order valence-electron chi connectivity index (χ2n) is 6.46. The third-order valence-electron chi connectivity index (χ3n) is 4.36. The van der Waals surface area contributed by atoms with Crippen molar-refractivity contribution in [3.63, 3.8) is 0 Å². The van der Waals surface area contributed by atoms with Crippen LogP contribution < -0.4 is 5.32 Å². The number of hydrogen-bond donors (Lipinski definition) is 1. The van der Waals surface area contributed by atoms with Crippen molar-refractivity contribution in [1.29, 1.82) is 0 Å². The Balaban J connectivity index is 1.86. The largest absolute Gasteiger partial charge is 0.372 e. The quantitative estimate of drug-likeness (QED) is 0.822. The number of aromatic nitrogens is 1. The van der Waals surface area contributed by atoms with Crippen molar-refractivity contribution in [2.45, 2.75) is 78.2 Å². The summed E-state index contributed by atoms with van der Waals surface area (Å²) in [6.45, 7) is 8.06. The maximum Gasteiger partial charge on any atom is 0.0891 e. The van der Waals surface area contributed by atoms with Gasteiger partial charge in [-0.25, -0.2) is 0 Å². The summed E-state index contributed by atoms with van der Waals surface area (Å²) in [6, 6.07) is 6.72. The highest BCUT2D eigenvalue weighted by Crippen LogP contribution is 2.29. The van der Waals surface area contributed by atoms with Crippen molar-refractivity contribution in [2.75, 3.05) is 0 Å². The fourth-order valence-electron chi connectivity index (χ4n) is 3.07. The van der Waals surface area contributed by atoms with E-state index in [1.165, 1.54) is 32.1 Å². The lowest BCUT2D eigenvalue weighted by molar-refractivity contribution is -0.0235. The van der Waals surface area contributed by atoms with Crippen LogP contribution in [0.4, 0.5) is 0 Å². The number of rotatable bonds is 7. The molecule has 1 fully saturated rings. The van der Waals surface area contributed by atoms with Crippen LogP contribution in [0.1, 0.15) is 64.3 Å². The minimum Gasteiger partial charge on any atom is -0.372 e. The summed E-state index contributed by atoms with van der Waals surface area (Å²) in [6.07, 6.45) is 6.89. The van der Waals surface area contributed by atoms with E-state index < -0.39 is 0 Å². The molecule has 0 amide bonds. The van der Waals surface area contributed by atoms with Crippen LogP contribution in [0.5, 0.6) is 0 Å². The molecule has 0 saturated heterocycles. The summed E-state index contributed by atoms with van der Waals surface area (Å²) in [4.78, 5) is 4.69. The van der Waals surface area contributed by atoms with Gasteiger partial charge >= 0.3 is 0 Å². The SMILES string of the molecule is CCC1CCCCC1OCc1cccc(CNC(C)C)n1. The van der Waals surface area contributed by atoms with Gasteiger partial charge in [0.25, 0.3) is 0 Å². The smallest absolute Gasteiger partial charge is 0.0891 e. The molecule has 0 bridgehead atoms. The van der Waals surface area contributed by atoms with Gasteiger partial charge in [-0.05, 0) is 30.9 Å². The molecule has 0 radical (unpaired) electrons. The topological polar surface area (TPSA) is 34.1 Å². The van der Waals surface area contributed by atoms with Crippen LogP contribution in [0, 0.1) is 5.92 Å². The maximum absolute atomic E-state index is 6.17. The molecule has 0 aliphatic heterocycles. The fourth-order valence-corrected chi connectivity index (χ4v) is 3.07. The van der Waals surface area contributed by atoms with Gasteiger partial charge in [0.2, 0.25) is 0 Å². The Bertz CT molecular complexity index is 419. The Morgan fingerprint density at radius 3 is 2.76 bits per heavy atom. The number of nitrogens with zero attached hydrogens (tertiary/aromatic N) is 1. The van der Waals surface area contributed by atoms with Crippen LogP contribution in [0.25, 0.3) is 0 Å². The zero-order valence-corrected chi connectivity index (χ0v) is 13.8. The molecule has 1 heterocycles. The van der Waals surface area contributed by atoms with Gasteiger partial charge < -0.3 is 10.1 Å². The lowest BCUT2D eigenvalue weighted by Crippen LogP contribution is -2.27. The minimum atomic E-state index is 0.433. The van der Waals surface area contributed by atoms with Crippen LogP contribution >= 0.6 is 0 Å². The number of hydrogen-bond acceptors (Lipinski definition) is 3. The number of ether oxygens (including phenoxy) is 1. The molecule has 0 aromatic carbocycles. The van der Waals surface area contributed by atoms with Crippen LogP contribution in [0.2, 0.25) is 0 Å². The molecule has 0 spiro atoms. The zero-order valence-electron chi connectivity index (χ0n) is 13.8. The summed E-state index contributed by atoms with van der Waals surface area (Å²) in [5.41, 5.74) is 2.15. The van der Waals surface area contributed by atoms with Crippen molar-refractivity contribution < 1.29 is 4.74 Å². The molecule has 1 saturated carbocycles. The molecular weight excluding hydrogens is 260 g/mol. The molecule has 3 heteroatoms. The van der Waals surface area contributed by atoms with Gasteiger partial charge in [-0.15, -0.1) is 0 Å². The van der Waals surface area contributed by atoms with Gasteiger partial charge in [0, 0.05) is 12.6 Å². The summed E-state index contributed by atoms with van der Waals surface area (Å²) < 4.78 is 6.17. The van der Waals surface area contributed by atoms with E-state index in [9.17, 15) is 0 Å². The van der Waals surface area contributed by atoms with Crippen molar-refractivity contribution in [2.24, 2.45) is 5.92 Å². The lowest BCUT2D eigenvalue weighted by Gasteiger charge is -2.30. The van der Waals surface area contributed by atoms with Gasteiger partial charge in [0.1, 0.15) is 0 Å². The van der Waals surface area contributed by atoms with Crippen molar-refractivity contribution >= 4 is 0 Å². The molecule has 2 unspecified atom stereocenters. The van der Waals surface area contributed by atoms with E-state index in [-0.39, 0.29) is 0 Å². The second kappa shape index (κ2) is 8.50. The van der Waals surface area contributed by atoms with Gasteiger partial charge in [-0.1, -0.05) is 46.1 Å². The zero-order chi connectivity index (χ0) is 15.1. The predicted molar refractivity (Wildman–Crippen MR) is 87.0 cm³/mol. The first-order chi connectivity index (χ1) is 10.2. The summed E-state index contributed by atoms with van der Waals surface area (Å²) in [5.74, 6) is 0.740. The van der Waals surface area contributed by atoms with E-state index in [2.05, 4.69) is 44.3 Å². The molecule has 1 aliphatic rings. The molecule has 2 rings (SSSR count).